The molecule has 0 N–H and O–H groups in total. The lowest BCUT2D eigenvalue weighted by Gasteiger charge is -2.10. The molecule has 5 heteroatoms. The van der Waals surface area contributed by atoms with Gasteiger partial charge in [-0.3, -0.25) is 4.79 Å². The zero-order valence-corrected chi connectivity index (χ0v) is 11.9. The van der Waals surface area contributed by atoms with Crippen LogP contribution in [0.4, 0.5) is 0 Å². The summed E-state index contributed by atoms with van der Waals surface area (Å²) in [7, 11) is 1.43. The Hall–Kier alpha value is -2.95. The van der Waals surface area contributed by atoms with Gasteiger partial charge in [-0.05, 0) is 17.7 Å². The molecular weight excluding hydrogens is 282 g/mol. The molecule has 3 rings (SSSR count). The van der Waals surface area contributed by atoms with E-state index in [9.17, 15) is 9.59 Å². The molecule has 1 aliphatic heterocycles. The minimum Gasteiger partial charge on any atom is -0.493 e. The first-order valence-electron chi connectivity index (χ1n) is 6.73. The predicted octanol–water partition coefficient (Wildman–Crippen LogP) is 2.16. The van der Waals surface area contributed by atoms with Gasteiger partial charge in [-0.2, -0.15) is 0 Å². The number of methoxy groups -OCH3 is 1. The molecule has 0 amide bonds. The highest BCUT2D eigenvalue weighted by atomic mass is 16.7. The Morgan fingerprint density at radius 2 is 1.95 bits per heavy atom. The Kier molecular flexibility index (Phi) is 3.70. The topological polar surface area (TPSA) is 65.0 Å². The van der Waals surface area contributed by atoms with Crippen LogP contribution in [-0.4, -0.2) is 24.6 Å². The van der Waals surface area contributed by atoms with Gasteiger partial charge in [0.05, 0.1) is 7.11 Å². The van der Waals surface area contributed by atoms with Crippen LogP contribution in [0.15, 0.2) is 71.1 Å². The Morgan fingerprint density at radius 3 is 2.68 bits per heavy atom. The first-order chi connectivity index (χ1) is 10.7. The van der Waals surface area contributed by atoms with Gasteiger partial charge in [0.2, 0.25) is 5.78 Å². The van der Waals surface area contributed by atoms with Gasteiger partial charge in [-0.1, -0.05) is 47.6 Å². The monoisotopic (exact) mass is 295 g/mol. The van der Waals surface area contributed by atoms with E-state index in [1.54, 1.807) is 18.2 Å². The molecule has 0 bridgehead atoms. The van der Waals surface area contributed by atoms with Gasteiger partial charge < -0.3 is 9.57 Å². The number of ketones is 1. The molecule has 0 saturated heterocycles. The van der Waals surface area contributed by atoms with E-state index >= 15 is 0 Å². The minimum atomic E-state index is -0.607. The second-order valence-electron chi connectivity index (χ2n) is 4.81. The standard InChI is InChI=1S/C17H13NO4/c1-21-15-10-11(7-8-14(15)19)9-13-16(18-22-17(13)20)12-5-3-2-4-6-12/h2-10,13H,1H3/b11-9-. The molecule has 110 valence electrons. The van der Waals surface area contributed by atoms with E-state index in [0.717, 1.165) is 5.56 Å². The van der Waals surface area contributed by atoms with Gasteiger partial charge in [0.15, 0.2) is 5.76 Å². The molecular formula is C17H13NO4. The van der Waals surface area contributed by atoms with E-state index in [4.69, 9.17) is 9.57 Å². The molecule has 1 atom stereocenters. The molecule has 0 saturated carbocycles. The summed E-state index contributed by atoms with van der Waals surface area (Å²) in [5, 5.41) is 3.87. The van der Waals surface area contributed by atoms with Crippen LogP contribution in [0.25, 0.3) is 0 Å². The molecule has 0 aromatic heterocycles. The van der Waals surface area contributed by atoms with Gasteiger partial charge in [-0.25, -0.2) is 4.79 Å². The number of carbonyl (C=O) groups is 2. The first-order valence-corrected chi connectivity index (χ1v) is 6.73. The van der Waals surface area contributed by atoms with Gasteiger partial charge in [0.25, 0.3) is 0 Å². The van der Waals surface area contributed by atoms with Gasteiger partial charge >= 0.3 is 5.97 Å². The highest BCUT2D eigenvalue weighted by Gasteiger charge is 2.32. The largest absolute Gasteiger partial charge is 0.493 e. The molecule has 0 radical (unpaired) electrons. The second kappa shape index (κ2) is 5.81. The fourth-order valence-corrected chi connectivity index (χ4v) is 2.29. The van der Waals surface area contributed by atoms with Crippen molar-refractivity contribution in [2.75, 3.05) is 7.11 Å². The van der Waals surface area contributed by atoms with Crippen molar-refractivity contribution in [3.63, 3.8) is 0 Å². The van der Waals surface area contributed by atoms with Crippen molar-refractivity contribution in [2.45, 2.75) is 0 Å². The van der Waals surface area contributed by atoms with Crippen molar-refractivity contribution in [3.8, 4) is 0 Å². The number of rotatable bonds is 3. The average Bonchev–Trinajstić information content (AvgIpc) is 2.91. The zero-order chi connectivity index (χ0) is 15.5. The van der Waals surface area contributed by atoms with Gasteiger partial charge in [-0.15, -0.1) is 0 Å². The Bertz CT molecular complexity index is 741. The van der Waals surface area contributed by atoms with E-state index in [1.807, 2.05) is 30.3 Å². The van der Waals surface area contributed by atoms with Crippen LogP contribution < -0.4 is 0 Å². The number of nitrogens with zero attached hydrogens (tertiary/aromatic N) is 1. The van der Waals surface area contributed by atoms with Crippen LogP contribution in [0.3, 0.4) is 0 Å². The summed E-state index contributed by atoms with van der Waals surface area (Å²) in [6.45, 7) is 0. The quantitative estimate of drug-likeness (QED) is 0.802. The molecule has 1 aromatic rings. The van der Waals surface area contributed by atoms with E-state index < -0.39 is 11.9 Å². The van der Waals surface area contributed by atoms with Crippen LogP contribution >= 0.6 is 0 Å². The second-order valence-corrected chi connectivity index (χ2v) is 4.81. The summed E-state index contributed by atoms with van der Waals surface area (Å²) < 4.78 is 5.01. The summed E-state index contributed by atoms with van der Waals surface area (Å²) in [6, 6.07) is 9.35. The maximum Gasteiger partial charge on any atom is 0.347 e. The Labute approximate surface area is 127 Å². The van der Waals surface area contributed by atoms with Gasteiger partial charge in [0, 0.05) is 5.56 Å². The zero-order valence-electron chi connectivity index (χ0n) is 11.9. The number of oxime groups is 1. The molecule has 1 heterocycles. The molecule has 1 aliphatic carbocycles. The van der Waals surface area contributed by atoms with E-state index in [1.165, 1.54) is 13.2 Å². The third-order valence-corrected chi connectivity index (χ3v) is 3.40. The summed E-state index contributed by atoms with van der Waals surface area (Å²) in [5.74, 6) is -1.02. The minimum absolute atomic E-state index is 0.203. The van der Waals surface area contributed by atoms with Crippen LogP contribution in [0.1, 0.15) is 5.56 Å². The van der Waals surface area contributed by atoms with Crippen LogP contribution in [0.2, 0.25) is 0 Å². The summed E-state index contributed by atoms with van der Waals surface area (Å²) in [5.41, 5.74) is 2.07. The normalized spacial score (nSPS) is 22.4. The van der Waals surface area contributed by atoms with Crippen LogP contribution in [0, 0.1) is 5.92 Å². The molecule has 0 spiro atoms. The lowest BCUT2D eigenvalue weighted by atomic mass is 9.93. The highest BCUT2D eigenvalue weighted by Crippen LogP contribution is 2.23. The number of benzene rings is 1. The Balaban J connectivity index is 1.93. The predicted molar refractivity (Wildman–Crippen MR) is 79.9 cm³/mol. The Morgan fingerprint density at radius 1 is 1.18 bits per heavy atom. The summed E-state index contributed by atoms with van der Waals surface area (Å²) >= 11 is 0. The van der Waals surface area contributed by atoms with Crippen LogP contribution in [-0.2, 0) is 19.2 Å². The molecule has 1 unspecified atom stereocenters. The van der Waals surface area contributed by atoms with E-state index in [-0.39, 0.29) is 11.5 Å². The maximum atomic E-state index is 11.9. The van der Waals surface area contributed by atoms with Crippen molar-refractivity contribution >= 4 is 17.5 Å². The van der Waals surface area contributed by atoms with Crippen LogP contribution in [0.5, 0.6) is 0 Å². The van der Waals surface area contributed by atoms with Gasteiger partial charge in [0.1, 0.15) is 11.6 Å². The lowest BCUT2D eigenvalue weighted by molar-refractivity contribution is -0.142. The third kappa shape index (κ3) is 2.61. The lowest BCUT2D eigenvalue weighted by Crippen LogP contribution is -2.17. The summed E-state index contributed by atoms with van der Waals surface area (Å²) in [6.07, 6.45) is 6.35. The van der Waals surface area contributed by atoms with E-state index in [2.05, 4.69) is 5.16 Å². The third-order valence-electron chi connectivity index (χ3n) is 3.40. The number of hydrogen-bond donors (Lipinski definition) is 0. The van der Waals surface area contributed by atoms with E-state index in [0.29, 0.717) is 11.3 Å². The van der Waals surface area contributed by atoms with Crippen molar-refractivity contribution in [2.24, 2.45) is 11.1 Å². The number of carbonyl (C=O) groups excluding carboxylic acids is 2. The molecule has 0 fully saturated rings. The highest BCUT2D eigenvalue weighted by molar-refractivity contribution is 6.15. The fraction of sp³-hybridized carbons (Fsp3) is 0.118. The van der Waals surface area contributed by atoms with Crippen molar-refractivity contribution in [3.05, 3.63) is 71.5 Å². The molecule has 1 aromatic carbocycles. The molecule has 5 nitrogen and oxygen atoms in total. The number of ether oxygens (including phenoxy) is 1. The van der Waals surface area contributed by atoms with Crippen molar-refractivity contribution < 1.29 is 19.2 Å². The maximum absolute atomic E-state index is 11.9. The smallest absolute Gasteiger partial charge is 0.347 e. The average molecular weight is 295 g/mol. The van der Waals surface area contributed by atoms with Crippen molar-refractivity contribution in [1.82, 2.24) is 0 Å². The molecule has 22 heavy (non-hydrogen) atoms. The fourth-order valence-electron chi connectivity index (χ4n) is 2.29. The first kappa shape index (κ1) is 14.0. The number of allylic oxidation sites excluding steroid dienone is 4. The summed E-state index contributed by atoms with van der Waals surface area (Å²) in [4.78, 5) is 28.3. The molecule has 2 aliphatic rings. The SMILES string of the molecule is COC1=C/C(=C\C2C(=O)ON=C2c2ccccc2)C=CC1=O. The van der Waals surface area contributed by atoms with Crippen molar-refractivity contribution in [1.29, 1.82) is 0 Å². The number of hydrogen-bond acceptors (Lipinski definition) is 5.